The highest BCUT2D eigenvalue weighted by atomic mass is 16.6. The van der Waals surface area contributed by atoms with Gasteiger partial charge in [0.1, 0.15) is 11.6 Å². The summed E-state index contributed by atoms with van der Waals surface area (Å²) in [5.74, 6) is 1.29. The van der Waals surface area contributed by atoms with E-state index in [2.05, 4.69) is 15.2 Å². The minimum atomic E-state index is -0.432. The molecule has 110 valence electrons. The van der Waals surface area contributed by atoms with Crippen LogP contribution >= 0.6 is 0 Å². The number of rotatable bonds is 4. The summed E-state index contributed by atoms with van der Waals surface area (Å²) in [5.41, 5.74) is 1.66. The molecule has 3 aromatic rings. The third kappa shape index (κ3) is 2.93. The fraction of sp³-hybridized carbons (Fsp3) is 0.0667. The summed E-state index contributed by atoms with van der Waals surface area (Å²) in [5, 5.41) is 27.0. The fourth-order valence-electron chi connectivity index (χ4n) is 2.08. The molecule has 0 radical (unpaired) electrons. The van der Waals surface area contributed by atoms with Crippen molar-refractivity contribution >= 4 is 5.69 Å². The van der Waals surface area contributed by atoms with E-state index in [-0.39, 0.29) is 11.4 Å². The van der Waals surface area contributed by atoms with Crippen molar-refractivity contribution in [1.82, 2.24) is 15.2 Å². The topological polar surface area (TPSA) is 105 Å². The number of hydrogen-bond acceptors (Lipinski definition) is 5. The van der Waals surface area contributed by atoms with Crippen LogP contribution in [0.2, 0.25) is 0 Å². The number of aromatic nitrogens is 3. The predicted octanol–water partition coefficient (Wildman–Crippen LogP) is 2.68. The highest BCUT2D eigenvalue weighted by molar-refractivity contribution is 5.56. The number of nitrogens with zero attached hydrogens (tertiary/aromatic N) is 3. The number of nitrogens with one attached hydrogen (secondary N) is 1. The molecule has 7 nitrogen and oxygen atoms in total. The number of non-ortho nitro benzene ring substituents is 1. The minimum absolute atomic E-state index is 0.0572. The summed E-state index contributed by atoms with van der Waals surface area (Å²) >= 11 is 0. The van der Waals surface area contributed by atoms with Crippen LogP contribution in [-0.4, -0.2) is 25.2 Å². The van der Waals surface area contributed by atoms with Crippen molar-refractivity contribution in [3.05, 3.63) is 70.0 Å². The summed E-state index contributed by atoms with van der Waals surface area (Å²) in [6.45, 7) is 0. The Labute approximate surface area is 125 Å². The number of aromatic hydroxyl groups is 1. The van der Waals surface area contributed by atoms with E-state index in [1.165, 1.54) is 12.1 Å². The van der Waals surface area contributed by atoms with E-state index in [0.717, 1.165) is 5.56 Å². The van der Waals surface area contributed by atoms with Crippen molar-refractivity contribution in [3.63, 3.8) is 0 Å². The molecular weight excluding hydrogens is 284 g/mol. The van der Waals surface area contributed by atoms with Crippen LogP contribution in [0.15, 0.2) is 48.5 Å². The van der Waals surface area contributed by atoms with Crippen LogP contribution in [-0.2, 0) is 6.42 Å². The molecule has 0 aliphatic rings. The van der Waals surface area contributed by atoms with Crippen molar-refractivity contribution in [2.75, 3.05) is 0 Å². The van der Waals surface area contributed by atoms with E-state index >= 15 is 0 Å². The van der Waals surface area contributed by atoms with Crippen molar-refractivity contribution in [3.8, 4) is 17.1 Å². The molecule has 22 heavy (non-hydrogen) atoms. The molecule has 0 unspecified atom stereocenters. The third-order valence-corrected chi connectivity index (χ3v) is 3.15. The molecule has 0 saturated heterocycles. The Balaban J connectivity index is 1.78. The average Bonchev–Trinajstić information content (AvgIpc) is 2.96. The molecule has 0 spiro atoms. The van der Waals surface area contributed by atoms with Crippen LogP contribution in [0.25, 0.3) is 11.4 Å². The lowest BCUT2D eigenvalue weighted by Gasteiger charge is -1.97. The van der Waals surface area contributed by atoms with Crippen LogP contribution in [0.4, 0.5) is 5.69 Å². The first-order valence-electron chi connectivity index (χ1n) is 6.56. The predicted molar refractivity (Wildman–Crippen MR) is 79.4 cm³/mol. The van der Waals surface area contributed by atoms with Crippen molar-refractivity contribution in [1.29, 1.82) is 0 Å². The molecule has 7 heteroatoms. The molecule has 2 aromatic carbocycles. The maximum atomic E-state index is 10.6. The standard InChI is InChI=1S/C15H12N4O3/c20-13-3-1-2-11(9-13)15-16-14(17-18-15)8-10-4-6-12(7-5-10)19(21)22/h1-7,9,20H,8H2,(H,16,17,18). The van der Waals surface area contributed by atoms with E-state index in [0.29, 0.717) is 23.6 Å². The Morgan fingerprint density at radius 2 is 1.95 bits per heavy atom. The van der Waals surface area contributed by atoms with Gasteiger partial charge in [0.05, 0.1) is 4.92 Å². The molecule has 0 atom stereocenters. The molecule has 0 amide bonds. The SMILES string of the molecule is O=[N+]([O-])c1ccc(Cc2nc(-c3cccc(O)c3)n[nH]2)cc1. The van der Waals surface area contributed by atoms with Crippen LogP contribution < -0.4 is 0 Å². The molecule has 0 fully saturated rings. The van der Waals surface area contributed by atoms with Gasteiger partial charge in [-0.1, -0.05) is 24.3 Å². The Hall–Kier alpha value is -3.22. The van der Waals surface area contributed by atoms with Gasteiger partial charge in [0.15, 0.2) is 5.82 Å². The Kier molecular flexibility index (Phi) is 3.53. The lowest BCUT2D eigenvalue weighted by molar-refractivity contribution is -0.384. The molecule has 0 aliphatic heterocycles. The second kappa shape index (κ2) is 5.65. The van der Waals surface area contributed by atoms with Gasteiger partial charge in [0.25, 0.3) is 5.69 Å². The van der Waals surface area contributed by atoms with E-state index in [4.69, 9.17) is 0 Å². The van der Waals surface area contributed by atoms with Crippen LogP contribution in [0.5, 0.6) is 5.75 Å². The number of phenols is 1. The Bertz CT molecular complexity index is 812. The van der Waals surface area contributed by atoms with Crippen LogP contribution in [0.3, 0.4) is 0 Å². The average molecular weight is 296 g/mol. The second-order valence-electron chi connectivity index (χ2n) is 4.76. The van der Waals surface area contributed by atoms with Crippen molar-refractivity contribution in [2.45, 2.75) is 6.42 Å². The highest BCUT2D eigenvalue weighted by Gasteiger charge is 2.09. The smallest absolute Gasteiger partial charge is 0.269 e. The van der Waals surface area contributed by atoms with Gasteiger partial charge in [-0.15, -0.1) is 0 Å². The zero-order valence-electron chi connectivity index (χ0n) is 11.4. The van der Waals surface area contributed by atoms with Crippen molar-refractivity contribution < 1.29 is 10.0 Å². The summed E-state index contributed by atoms with van der Waals surface area (Å²) in [4.78, 5) is 14.5. The molecule has 2 N–H and O–H groups in total. The first-order chi connectivity index (χ1) is 10.6. The Morgan fingerprint density at radius 1 is 1.18 bits per heavy atom. The number of aromatic amines is 1. The molecule has 0 aliphatic carbocycles. The van der Waals surface area contributed by atoms with E-state index in [1.54, 1.807) is 36.4 Å². The largest absolute Gasteiger partial charge is 0.508 e. The third-order valence-electron chi connectivity index (χ3n) is 3.15. The molecular formula is C15H12N4O3. The van der Waals surface area contributed by atoms with Gasteiger partial charge in [-0.2, -0.15) is 5.10 Å². The second-order valence-corrected chi connectivity index (χ2v) is 4.76. The van der Waals surface area contributed by atoms with Crippen LogP contribution in [0, 0.1) is 10.1 Å². The minimum Gasteiger partial charge on any atom is -0.508 e. The zero-order valence-corrected chi connectivity index (χ0v) is 11.4. The molecule has 0 saturated carbocycles. The quantitative estimate of drug-likeness (QED) is 0.569. The van der Waals surface area contributed by atoms with E-state index < -0.39 is 4.92 Å². The van der Waals surface area contributed by atoms with Crippen molar-refractivity contribution in [2.24, 2.45) is 0 Å². The number of H-pyrrole nitrogens is 1. The summed E-state index contributed by atoms with van der Waals surface area (Å²) < 4.78 is 0. The van der Waals surface area contributed by atoms with Crippen LogP contribution in [0.1, 0.15) is 11.4 Å². The number of hydrogen-bond donors (Lipinski definition) is 2. The summed E-state index contributed by atoms with van der Waals surface area (Å²) in [6, 6.07) is 13.0. The van der Waals surface area contributed by atoms with Gasteiger partial charge in [-0.05, 0) is 17.7 Å². The van der Waals surface area contributed by atoms with Gasteiger partial charge in [-0.3, -0.25) is 15.2 Å². The van der Waals surface area contributed by atoms with Gasteiger partial charge in [0, 0.05) is 24.1 Å². The molecule has 0 bridgehead atoms. The molecule has 3 rings (SSSR count). The number of nitro groups is 1. The first-order valence-corrected chi connectivity index (χ1v) is 6.56. The monoisotopic (exact) mass is 296 g/mol. The maximum absolute atomic E-state index is 10.6. The van der Waals surface area contributed by atoms with Gasteiger partial charge in [0.2, 0.25) is 0 Å². The normalized spacial score (nSPS) is 10.5. The van der Waals surface area contributed by atoms with E-state index in [9.17, 15) is 15.2 Å². The number of benzene rings is 2. The summed E-state index contributed by atoms with van der Waals surface area (Å²) in [6.07, 6.45) is 0.490. The number of phenolic OH excluding ortho intramolecular Hbond substituents is 1. The van der Waals surface area contributed by atoms with E-state index in [1.807, 2.05) is 0 Å². The van der Waals surface area contributed by atoms with Gasteiger partial charge >= 0.3 is 0 Å². The Morgan fingerprint density at radius 3 is 2.64 bits per heavy atom. The lowest BCUT2D eigenvalue weighted by atomic mass is 10.1. The lowest BCUT2D eigenvalue weighted by Crippen LogP contribution is -1.92. The maximum Gasteiger partial charge on any atom is 0.269 e. The first kappa shape index (κ1) is 13.7. The number of nitro benzene ring substituents is 1. The highest BCUT2D eigenvalue weighted by Crippen LogP contribution is 2.20. The zero-order chi connectivity index (χ0) is 15.5. The summed E-state index contributed by atoms with van der Waals surface area (Å²) in [7, 11) is 0. The molecule has 1 heterocycles. The fourth-order valence-corrected chi connectivity index (χ4v) is 2.08. The molecule has 1 aromatic heterocycles. The van der Waals surface area contributed by atoms with Gasteiger partial charge < -0.3 is 5.11 Å². The van der Waals surface area contributed by atoms with Gasteiger partial charge in [-0.25, -0.2) is 4.98 Å².